The third-order valence-electron chi connectivity index (χ3n) is 5.62. The van der Waals surface area contributed by atoms with Crippen molar-refractivity contribution in [2.75, 3.05) is 43.0 Å². The second-order valence-electron chi connectivity index (χ2n) is 7.87. The molecule has 0 bridgehead atoms. The number of rotatable bonds is 7. The molecule has 0 unspecified atom stereocenters. The number of carbonyl (C=O) groups is 2. The molecule has 4 rings (SSSR count). The van der Waals surface area contributed by atoms with Gasteiger partial charge in [0.2, 0.25) is 0 Å². The van der Waals surface area contributed by atoms with Crippen LogP contribution in [-0.4, -0.2) is 54.4 Å². The molecule has 3 aromatic rings. The average Bonchev–Trinajstić information content (AvgIpc) is 2.89. The second-order valence-corrected chi connectivity index (χ2v) is 7.87. The van der Waals surface area contributed by atoms with Crippen molar-refractivity contribution in [3.8, 4) is 5.75 Å². The molecule has 9 nitrogen and oxygen atoms in total. The molecule has 0 aliphatic carbocycles. The zero-order valence-corrected chi connectivity index (χ0v) is 18.7. The van der Waals surface area contributed by atoms with Gasteiger partial charge < -0.3 is 19.9 Å². The van der Waals surface area contributed by atoms with E-state index in [1.54, 1.807) is 47.4 Å². The zero-order chi connectivity index (χ0) is 24.8. The largest absolute Gasteiger partial charge is 0.483 e. The van der Waals surface area contributed by atoms with Crippen molar-refractivity contribution in [2.24, 2.45) is 0 Å². The molecule has 3 aromatic carbocycles. The van der Waals surface area contributed by atoms with E-state index in [2.05, 4.69) is 10.2 Å². The predicted molar refractivity (Wildman–Crippen MR) is 128 cm³/mol. The van der Waals surface area contributed by atoms with Gasteiger partial charge in [0.15, 0.2) is 6.61 Å². The highest BCUT2D eigenvalue weighted by molar-refractivity contribution is 5.97. The lowest BCUT2D eigenvalue weighted by Crippen LogP contribution is -2.48. The van der Waals surface area contributed by atoms with Crippen LogP contribution in [0.4, 0.5) is 21.5 Å². The van der Waals surface area contributed by atoms with E-state index in [1.807, 2.05) is 0 Å². The molecule has 0 radical (unpaired) electrons. The fourth-order valence-corrected chi connectivity index (χ4v) is 3.78. The summed E-state index contributed by atoms with van der Waals surface area (Å²) in [5.41, 5.74) is 1.26. The highest BCUT2D eigenvalue weighted by Crippen LogP contribution is 2.24. The molecule has 0 saturated carbocycles. The van der Waals surface area contributed by atoms with Gasteiger partial charge in [0, 0.05) is 44.0 Å². The summed E-state index contributed by atoms with van der Waals surface area (Å²) < 4.78 is 19.3. The van der Waals surface area contributed by atoms with Gasteiger partial charge in [0.25, 0.3) is 17.5 Å². The van der Waals surface area contributed by atoms with Crippen LogP contribution in [0.15, 0.2) is 72.8 Å². The van der Waals surface area contributed by atoms with Crippen molar-refractivity contribution >= 4 is 28.9 Å². The molecule has 35 heavy (non-hydrogen) atoms. The Morgan fingerprint density at radius 2 is 1.60 bits per heavy atom. The van der Waals surface area contributed by atoms with E-state index in [0.29, 0.717) is 31.7 Å². The Kier molecular flexibility index (Phi) is 7.20. The number of hydrogen-bond donors (Lipinski definition) is 1. The molecule has 1 saturated heterocycles. The number of nitro benzene ring substituents is 1. The number of nitro groups is 1. The topological polar surface area (TPSA) is 105 Å². The number of amides is 2. The Morgan fingerprint density at radius 3 is 2.29 bits per heavy atom. The number of para-hydroxylation sites is 2. The minimum absolute atomic E-state index is 0.0294. The molecule has 1 aliphatic rings. The number of nitrogens with zero attached hydrogens (tertiary/aromatic N) is 3. The van der Waals surface area contributed by atoms with Crippen LogP contribution in [0, 0.1) is 15.9 Å². The van der Waals surface area contributed by atoms with Crippen LogP contribution < -0.4 is 15.0 Å². The van der Waals surface area contributed by atoms with Crippen molar-refractivity contribution in [3.63, 3.8) is 0 Å². The molecule has 1 N–H and O–H groups in total. The summed E-state index contributed by atoms with van der Waals surface area (Å²) in [5.74, 6) is -1.06. The quantitative estimate of drug-likeness (QED) is 0.410. The molecular formula is C25H23FN4O5. The fourth-order valence-electron chi connectivity index (χ4n) is 3.78. The molecular weight excluding hydrogens is 455 g/mol. The van der Waals surface area contributed by atoms with Crippen molar-refractivity contribution in [1.29, 1.82) is 0 Å². The number of ether oxygens (including phenoxy) is 1. The average molecular weight is 478 g/mol. The number of anilines is 2. The number of halogens is 1. The van der Waals surface area contributed by atoms with Crippen LogP contribution in [0.5, 0.6) is 5.75 Å². The maximum absolute atomic E-state index is 13.7. The van der Waals surface area contributed by atoms with Crippen LogP contribution in [0.1, 0.15) is 10.4 Å². The first-order chi connectivity index (χ1) is 16.9. The van der Waals surface area contributed by atoms with Crippen LogP contribution in [-0.2, 0) is 4.79 Å². The lowest BCUT2D eigenvalue weighted by Gasteiger charge is -2.36. The van der Waals surface area contributed by atoms with Gasteiger partial charge in [-0.05, 0) is 36.4 Å². The van der Waals surface area contributed by atoms with Crippen LogP contribution in [0.25, 0.3) is 0 Å². The van der Waals surface area contributed by atoms with Gasteiger partial charge in [-0.1, -0.05) is 24.3 Å². The summed E-state index contributed by atoms with van der Waals surface area (Å²) >= 11 is 0. The van der Waals surface area contributed by atoms with Gasteiger partial charge in [-0.15, -0.1) is 0 Å². The van der Waals surface area contributed by atoms with Crippen molar-refractivity contribution in [2.45, 2.75) is 0 Å². The van der Waals surface area contributed by atoms with E-state index in [9.17, 15) is 24.1 Å². The Hall–Kier alpha value is -4.47. The monoisotopic (exact) mass is 478 g/mol. The van der Waals surface area contributed by atoms with Gasteiger partial charge in [-0.3, -0.25) is 19.7 Å². The van der Waals surface area contributed by atoms with Gasteiger partial charge in [0.05, 0.1) is 16.2 Å². The molecule has 1 heterocycles. The zero-order valence-electron chi connectivity index (χ0n) is 18.7. The first kappa shape index (κ1) is 23.7. The van der Waals surface area contributed by atoms with Gasteiger partial charge >= 0.3 is 0 Å². The molecule has 0 aromatic heterocycles. The Labute approximate surface area is 200 Å². The second kappa shape index (κ2) is 10.6. The third kappa shape index (κ3) is 5.72. The molecule has 1 aliphatic heterocycles. The number of carbonyl (C=O) groups excluding carboxylic acids is 2. The number of non-ortho nitro benzene ring substituents is 1. The summed E-state index contributed by atoms with van der Waals surface area (Å²) in [5, 5.41) is 13.3. The van der Waals surface area contributed by atoms with E-state index in [0.717, 1.165) is 5.69 Å². The van der Waals surface area contributed by atoms with Crippen molar-refractivity contribution in [1.82, 2.24) is 4.90 Å². The number of benzene rings is 3. The first-order valence-electron chi connectivity index (χ1n) is 11.0. The van der Waals surface area contributed by atoms with Crippen LogP contribution in [0.2, 0.25) is 0 Å². The van der Waals surface area contributed by atoms with E-state index in [-0.39, 0.29) is 29.6 Å². The SMILES string of the molecule is O=C(COc1ccccc1C(=O)N1CCN(c2ccc([N+](=O)[O-])cc2)CC1)Nc1ccccc1F. The van der Waals surface area contributed by atoms with E-state index in [4.69, 9.17) is 4.74 Å². The maximum atomic E-state index is 13.7. The van der Waals surface area contributed by atoms with Gasteiger partial charge in [0.1, 0.15) is 11.6 Å². The summed E-state index contributed by atoms with van der Waals surface area (Å²) in [6.07, 6.45) is 0. The number of nitrogens with one attached hydrogen (secondary N) is 1. The third-order valence-corrected chi connectivity index (χ3v) is 5.62. The lowest BCUT2D eigenvalue weighted by molar-refractivity contribution is -0.384. The normalized spacial score (nSPS) is 13.3. The summed E-state index contributed by atoms with van der Waals surface area (Å²) in [7, 11) is 0. The molecule has 0 spiro atoms. The Balaban J connectivity index is 1.35. The van der Waals surface area contributed by atoms with Gasteiger partial charge in [-0.25, -0.2) is 4.39 Å². The summed E-state index contributed by atoms with van der Waals surface area (Å²) in [6, 6.07) is 18.8. The predicted octanol–water partition coefficient (Wildman–Crippen LogP) is 3.71. The van der Waals surface area contributed by atoms with E-state index >= 15 is 0 Å². The van der Waals surface area contributed by atoms with Crippen LogP contribution in [0.3, 0.4) is 0 Å². The minimum atomic E-state index is -0.552. The maximum Gasteiger partial charge on any atom is 0.269 e. The standard InChI is InChI=1S/C25H23FN4O5/c26-21-6-2-3-7-22(21)27-24(31)17-35-23-8-4-1-5-20(23)25(32)29-15-13-28(14-16-29)18-9-11-19(12-10-18)30(33)34/h1-12H,13-17H2,(H,27,31). The van der Waals surface area contributed by atoms with Crippen LogP contribution >= 0.6 is 0 Å². The highest BCUT2D eigenvalue weighted by atomic mass is 19.1. The molecule has 2 amide bonds. The van der Waals surface area contributed by atoms with Crippen molar-refractivity contribution in [3.05, 3.63) is 94.3 Å². The molecule has 180 valence electrons. The molecule has 0 atom stereocenters. The lowest BCUT2D eigenvalue weighted by atomic mass is 10.1. The molecule has 1 fully saturated rings. The van der Waals surface area contributed by atoms with E-state index in [1.165, 1.54) is 30.3 Å². The minimum Gasteiger partial charge on any atom is -0.483 e. The number of piperazine rings is 1. The van der Waals surface area contributed by atoms with Crippen molar-refractivity contribution < 1.29 is 23.6 Å². The highest BCUT2D eigenvalue weighted by Gasteiger charge is 2.25. The first-order valence-corrected chi connectivity index (χ1v) is 11.0. The van der Waals surface area contributed by atoms with Gasteiger partial charge in [-0.2, -0.15) is 0 Å². The Bertz CT molecular complexity index is 1230. The summed E-state index contributed by atoms with van der Waals surface area (Å²) in [4.78, 5) is 39.5. The Morgan fingerprint density at radius 1 is 0.943 bits per heavy atom. The smallest absolute Gasteiger partial charge is 0.269 e. The summed E-state index contributed by atoms with van der Waals surface area (Å²) in [6.45, 7) is 1.66. The molecule has 10 heteroatoms. The van der Waals surface area contributed by atoms with E-state index < -0.39 is 16.6 Å². The fraction of sp³-hybridized carbons (Fsp3) is 0.200. The number of hydrogen-bond acceptors (Lipinski definition) is 6.